The normalized spacial score (nSPS) is 7.62. The number of rotatable bonds is 3. The minimum Gasteiger partial charge on any atom is -0.388 e. The van der Waals surface area contributed by atoms with E-state index in [0.29, 0.717) is 9.79 Å². The van der Waals surface area contributed by atoms with Crippen LogP contribution in [0.25, 0.3) is 11.1 Å². The average molecular weight is 1080 g/mol. The van der Waals surface area contributed by atoms with Crippen molar-refractivity contribution in [2.24, 2.45) is 0 Å². The van der Waals surface area contributed by atoms with Crippen molar-refractivity contribution >= 4 is 9.84 Å². The molecule has 0 saturated heterocycles. The van der Waals surface area contributed by atoms with Gasteiger partial charge in [0.05, 0.1) is 9.79 Å². The summed E-state index contributed by atoms with van der Waals surface area (Å²) in [5, 5.41) is 0. The molecule has 0 amide bonds. The van der Waals surface area contributed by atoms with Gasteiger partial charge in [0.2, 0.25) is 9.84 Å². The van der Waals surface area contributed by atoms with Crippen molar-refractivity contribution in [1.29, 1.82) is 0 Å². The van der Waals surface area contributed by atoms with Crippen molar-refractivity contribution in [3.63, 3.8) is 0 Å². The van der Waals surface area contributed by atoms with Gasteiger partial charge in [-0.3, -0.25) is 0 Å². The second-order valence-corrected chi connectivity index (χ2v) is 11.6. The molecular formula is C56H90O6SW. The molecule has 0 bridgehead atoms. The monoisotopic (exact) mass is 1070 g/mol. The first kappa shape index (κ1) is 80.1. The van der Waals surface area contributed by atoms with Gasteiger partial charge in [0.25, 0.3) is 0 Å². The molecule has 0 heterocycles. The smallest absolute Gasteiger partial charge is 0.388 e. The van der Waals surface area contributed by atoms with Gasteiger partial charge in [0.1, 0.15) is 0 Å². The van der Waals surface area contributed by atoms with Gasteiger partial charge in [-0.1, -0.05) is 180 Å². The molecule has 8 heteroatoms. The van der Waals surface area contributed by atoms with E-state index in [2.05, 4.69) is 79.6 Å². The van der Waals surface area contributed by atoms with Crippen LogP contribution in [0.15, 0.2) is 192 Å². The molecule has 0 unspecified atom stereocenters. The molecule has 0 atom stereocenters. The van der Waals surface area contributed by atoms with Crippen molar-refractivity contribution in [1.82, 2.24) is 0 Å². The van der Waals surface area contributed by atoms with Crippen LogP contribution in [0, 0.1) is 12.1 Å². The van der Waals surface area contributed by atoms with E-state index in [1.807, 2.05) is 156 Å². The molecule has 362 valence electrons. The van der Waals surface area contributed by atoms with E-state index in [1.54, 1.807) is 118 Å². The van der Waals surface area contributed by atoms with Crippen LogP contribution in [0.5, 0.6) is 0 Å². The summed E-state index contributed by atoms with van der Waals surface area (Å²) in [5.74, 6) is 0. The summed E-state index contributed by atoms with van der Waals surface area (Å²) >= 11 is 0. The largest absolute Gasteiger partial charge is 2.00 e. The number of benzene rings is 6. The SMILES string of the molecule is CC.CC.CC.CC.CC.CC.COC.COC.COC.COC.O=S(=O)(c1ccccc1)c1ccccc1.[W+2].[c-]1ccccc1.[c-]1ccccc1.c1ccc(-c2ccccc2)cc1. The summed E-state index contributed by atoms with van der Waals surface area (Å²) in [6.45, 7) is 24.0. The van der Waals surface area contributed by atoms with Crippen molar-refractivity contribution in [3.05, 3.63) is 194 Å². The summed E-state index contributed by atoms with van der Waals surface area (Å²) in [4.78, 5) is 0.660. The van der Waals surface area contributed by atoms with Crippen LogP contribution >= 0.6 is 0 Å². The Balaban J connectivity index is -0.0000000795. The van der Waals surface area contributed by atoms with E-state index in [9.17, 15) is 8.42 Å². The van der Waals surface area contributed by atoms with Crippen molar-refractivity contribution in [3.8, 4) is 11.1 Å². The van der Waals surface area contributed by atoms with Crippen LogP contribution in [0.1, 0.15) is 83.1 Å². The van der Waals surface area contributed by atoms with Crippen molar-refractivity contribution in [2.45, 2.75) is 92.9 Å². The first-order valence-corrected chi connectivity index (χ1v) is 23.2. The van der Waals surface area contributed by atoms with Crippen LogP contribution in [-0.2, 0) is 49.8 Å². The zero-order valence-electron chi connectivity index (χ0n) is 43.6. The van der Waals surface area contributed by atoms with Crippen LogP contribution in [0.3, 0.4) is 0 Å². The molecule has 0 N–H and O–H groups in total. The van der Waals surface area contributed by atoms with Crippen LogP contribution in [0.2, 0.25) is 0 Å². The number of ether oxygens (including phenoxy) is 4. The fourth-order valence-electron chi connectivity index (χ4n) is 3.28. The summed E-state index contributed by atoms with van der Waals surface area (Å²) in [6, 6.07) is 62.6. The summed E-state index contributed by atoms with van der Waals surface area (Å²) < 4.78 is 41.1. The molecule has 0 radical (unpaired) electrons. The van der Waals surface area contributed by atoms with E-state index < -0.39 is 9.84 Å². The molecule has 0 aliphatic rings. The molecular weight excluding hydrogens is 985 g/mol. The maximum absolute atomic E-state index is 12.0. The maximum Gasteiger partial charge on any atom is 2.00 e. The second kappa shape index (κ2) is 79.2. The fraction of sp³-hybridized carbons (Fsp3) is 0.357. The van der Waals surface area contributed by atoms with E-state index in [0.717, 1.165) is 0 Å². The Labute approximate surface area is 411 Å². The Kier molecular flexibility index (Phi) is 99.2. The summed E-state index contributed by atoms with van der Waals surface area (Å²) in [6.07, 6.45) is 0. The predicted molar refractivity (Wildman–Crippen MR) is 281 cm³/mol. The summed E-state index contributed by atoms with van der Waals surface area (Å²) in [7, 11) is 9.66. The van der Waals surface area contributed by atoms with Crippen LogP contribution in [-0.4, -0.2) is 65.3 Å². The molecule has 6 rings (SSSR count). The Morgan fingerprint density at radius 2 is 0.453 bits per heavy atom. The molecule has 0 aliphatic carbocycles. The van der Waals surface area contributed by atoms with Crippen molar-refractivity contribution in [2.75, 3.05) is 56.9 Å². The Morgan fingerprint density at radius 1 is 0.297 bits per heavy atom. The van der Waals surface area contributed by atoms with Gasteiger partial charge in [0.15, 0.2) is 0 Å². The third-order valence-electron chi connectivity index (χ3n) is 5.20. The van der Waals surface area contributed by atoms with Gasteiger partial charge in [-0.25, -0.2) is 8.42 Å². The zero-order valence-corrected chi connectivity index (χ0v) is 47.3. The number of sulfone groups is 1. The third kappa shape index (κ3) is 59.9. The van der Waals surface area contributed by atoms with Crippen LogP contribution < -0.4 is 0 Å². The first-order chi connectivity index (χ1) is 30.8. The topological polar surface area (TPSA) is 71.1 Å². The Bertz CT molecular complexity index is 1420. The fourth-order valence-corrected chi connectivity index (χ4v) is 4.58. The predicted octanol–water partition coefficient (Wildman–Crippen LogP) is 16.1. The van der Waals surface area contributed by atoms with E-state index >= 15 is 0 Å². The molecule has 0 saturated carbocycles. The number of methoxy groups -OCH3 is 4. The van der Waals surface area contributed by atoms with Crippen LogP contribution in [0.4, 0.5) is 0 Å². The van der Waals surface area contributed by atoms with Gasteiger partial charge < -0.3 is 18.9 Å². The van der Waals surface area contributed by atoms with Gasteiger partial charge in [-0.2, -0.15) is 72.8 Å². The molecule has 6 nitrogen and oxygen atoms in total. The first-order valence-electron chi connectivity index (χ1n) is 21.7. The van der Waals surface area contributed by atoms with Gasteiger partial charge in [0, 0.05) is 56.9 Å². The molecule has 0 aliphatic heterocycles. The van der Waals surface area contributed by atoms with Gasteiger partial charge >= 0.3 is 21.1 Å². The van der Waals surface area contributed by atoms with Crippen molar-refractivity contribution < 1.29 is 48.4 Å². The second-order valence-electron chi connectivity index (χ2n) is 9.65. The zero-order chi connectivity index (χ0) is 50.3. The standard InChI is InChI=1S/C12H10O2S.C12H10.2C6H5.4C2H6O.6C2H6.W/c13-15(14,11-7-3-1-4-8-11)12-9-5-2-6-10-12;1-3-7-11(8-4-1)12-9-5-2-6-10-12;2*1-2-4-6-5-3-1;4*1-3-2;6*1-2;/h1-10H;1-10H;2*1-5H;4*1-2H3;6*1-2H3;/q;;2*-1;;;;;;;;;;;+2. The molecule has 0 aromatic heterocycles. The van der Waals surface area contributed by atoms with E-state index in [1.165, 1.54) is 11.1 Å². The van der Waals surface area contributed by atoms with Gasteiger partial charge in [-0.05, 0) is 35.4 Å². The minimum absolute atomic E-state index is 0. The number of hydrogen-bond acceptors (Lipinski definition) is 6. The molecule has 6 aromatic carbocycles. The van der Waals surface area contributed by atoms with E-state index in [4.69, 9.17) is 0 Å². The minimum atomic E-state index is -3.34. The quantitative estimate of drug-likeness (QED) is 0.165. The number of hydrogen-bond donors (Lipinski definition) is 0. The average Bonchev–Trinajstić information content (AvgIpc) is 3.39. The molecule has 0 fully saturated rings. The Morgan fingerprint density at radius 3 is 0.594 bits per heavy atom. The summed E-state index contributed by atoms with van der Waals surface area (Å²) in [5.41, 5.74) is 2.55. The molecule has 64 heavy (non-hydrogen) atoms. The molecule has 0 spiro atoms. The van der Waals surface area contributed by atoms with E-state index in [-0.39, 0.29) is 21.1 Å². The molecule has 6 aromatic rings. The van der Waals surface area contributed by atoms with Gasteiger partial charge in [-0.15, -0.1) is 0 Å². The maximum atomic E-state index is 12.0. The Hall–Kier alpha value is -4.20. The third-order valence-corrected chi connectivity index (χ3v) is 6.99.